The Kier molecular flexibility index (Phi) is 4.78. The topological polar surface area (TPSA) is 82.8 Å². The van der Waals surface area contributed by atoms with Gasteiger partial charge in [0, 0.05) is 38.8 Å². The van der Waals surface area contributed by atoms with Gasteiger partial charge in [-0.3, -0.25) is 14.9 Å². The monoisotopic (exact) mass is 424 g/mol. The maximum atomic E-state index is 12.3. The fourth-order valence-corrected chi connectivity index (χ4v) is 4.63. The summed E-state index contributed by atoms with van der Waals surface area (Å²) in [7, 11) is 0. The van der Waals surface area contributed by atoms with Crippen molar-refractivity contribution in [1.82, 2.24) is 19.9 Å². The smallest absolute Gasteiger partial charge is 0.234 e. The Morgan fingerprint density at radius 2 is 1.83 bits per heavy atom. The summed E-state index contributed by atoms with van der Waals surface area (Å²) in [5, 5.41) is 7.41. The molecule has 2 fully saturated rings. The van der Waals surface area contributed by atoms with E-state index in [1.807, 2.05) is 41.0 Å². The van der Waals surface area contributed by atoms with Gasteiger partial charge < -0.3 is 9.80 Å². The zero-order valence-electron chi connectivity index (χ0n) is 16.3. The molecule has 2 saturated heterocycles. The van der Waals surface area contributed by atoms with Gasteiger partial charge in [0.2, 0.25) is 11.8 Å². The van der Waals surface area contributed by atoms with Crippen molar-refractivity contribution in [2.45, 2.75) is 18.8 Å². The maximum absolute atomic E-state index is 12.3. The Balaban J connectivity index is 1.34. The van der Waals surface area contributed by atoms with E-state index in [0.29, 0.717) is 17.9 Å². The van der Waals surface area contributed by atoms with E-state index in [1.54, 1.807) is 6.20 Å². The molecule has 0 radical (unpaired) electrons. The van der Waals surface area contributed by atoms with Gasteiger partial charge >= 0.3 is 0 Å². The number of anilines is 2. The molecule has 1 aromatic carbocycles. The third-order valence-electron chi connectivity index (χ3n) is 5.83. The molecule has 8 nitrogen and oxygen atoms in total. The minimum Gasteiger partial charge on any atom is -0.367 e. The van der Waals surface area contributed by atoms with Crippen LogP contribution in [-0.4, -0.2) is 52.6 Å². The van der Waals surface area contributed by atoms with Crippen LogP contribution in [0.5, 0.6) is 0 Å². The van der Waals surface area contributed by atoms with Gasteiger partial charge in [-0.05, 0) is 30.2 Å². The lowest BCUT2D eigenvalue weighted by Gasteiger charge is -2.37. The molecule has 9 heteroatoms. The zero-order valence-corrected chi connectivity index (χ0v) is 17.0. The molecule has 1 N–H and O–H groups in total. The number of carbonyl (C=O) groups excluding carboxylic acids is 2. The molecule has 154 valence electrons. The molecule has 4 heterocycles. The number of hydrogen-bond acceptors (Lipinski definition) is 6. The number of imide groups is 1. The Labute approximate surface area is 178 Å². The molecule has 5 rings (SSSR count). The average Bonchev–Trinajstić information content (AvgIpc) is 3.19. The van der Waals surface area contributed by atoms with E-state index in [1.165, 1.54) is 0 Å². The first kappa shape index (κ1) is 18.9. The normalized spacial score (nSPS) is 20.0. The van der Waals surface area contributed by atoms with Crippen molar-refractivity contribution >= 4 is 40.6 Å². The first-order chi connectivity index (χ1) is 14.6. The molecular weight excluding hydrogens is 404 g/mol. The first-order valence-electron chi connectivity index (χ1n) is 10.0. The van der Waals surface area contributed by atoms with Crippen molar-refractivity contribution < 1.29 is 9.59 Å². The van der Waals surface area contributed by atoms with Gasteiger partial charge in [-0.2, -0.15) is 9.61 Å². The summed E-state index contributed by atoms with van der Waals surface area (Å²) in [6.07, 6.45) is 4.44. The van der Waals surface area contributed by atoms with Gasteiger partial charge in [-0.15, -0.1) is 0 Å². The van der Waals surface area contributed by atoms with Crippen molar-refractivity contribution in [3.63, 3.8) is 0 Å². The number of amides is 2. The molecule has 1 unspecified atom stereocenters. The Morgan fingerprint density at radius 3 is 2.63 bits per heavy atom. The van der Waals surface area contributed by atoms with Crippen LogP contribution < -0.4 is 15.1 Å². The van der Waals surface area contributed by atoms with E-state index in [2.05, 4.69) is 25.2 Å². The highest BCUT2D eigenvalue weighted by atomic mass is 35.5. The number of fused-ring (bicyclic) bond motifs is 1. The molecule has 2 amide bonds. The molecule has 2 aliphatic heterocycles. The van der Waals surface area contributed by atoms with Crippen molar-refractivity contribution in [3.8, 4) is 0 Å². The predicted molar refractivity (Wildman–Crippen MR) is 114 cm³/mol. The number of imidazole rings is 1. The van der Waals surface area contributed by atoms with Gasteiger partial charge in [-0.1, -0.05) is 23.7 Å². The third-order valence-corrected chi connectivity index (χ3v) is 6.24. The number of piperidine rings is 1. The molecule has 0 bridgehead atoms. The van der Waals surface area contributed by atoms with E-state index in [0.717, 1.165) is 48.9 Å². The molecule has 0 aliphatic carbocycles. The van der Waals surface area contributed by atoms with Crippen LogP contribution in [0.25, 0.3) is 5.65 Å². The van der Waals surface area contributed by atoms with E-state index >= 15 is 0 Å². The van der Waals surface area contributed by atoms with Crippen molar-refractivity contribution in [2.75, 3.05) is 36.0 Å². The number of nitrogens with zero attached hydrogens (tertiary/aromatic N) is 5. The second-order valence-corrected chi connectivity index (χ2v) is 7.95. The third kappa shape index (κ3) is 3.27. The molecular formula is C21H21ClN6O2. The van der Waals surface area contributed by atoms with Crippen LogP contribution in [0.1, 0.15) is 24.3 Å². The molecule has 0 spiro atoms. The summed E-state index contributed by atoms with van der Waals surface area (Å²) in [6, 6.07) is 9.62. The molecule has 0 saturated carbocycles. The highest BCUT2D eigenvalue weighted by molar-refractivity contribution is 6.34. The van der Waals surface area contributed by atoms with Crippen LogP contribution in [0.2, 0.25) is 5.02 Å². The summed E-state index contributed by atoms with van der Waals surface area (Å²) in [5.74, 6) is 0.103. The Morgan fingerprint density at radius 1 is 1.03 bits per heavy atom. The summed E-state index contributed by atoms with van der Waals surface area (Å²) in [4.78, 5) is 32.7. The van der Waals surface area contributed by atoms with Crippen LogP contribution in [0.3, 0.4) is 0 Å². The van der Waals surface area contributed by atoms with Crippen molar-refractivity contribution in [1.29, 1.82) is 0 Å². The number of piperazine rings is 1. The Hall–Kier alpha value is -3.13. The fraction of sp³-hybridized carbons (Fsp3) is 0.333. The van der Waals surface area contributed by atoms with E-state index in [9.17, 15) is 9.59 Å². The summed E-state index contributed by atoms with van der Waals surface area (Å²) in [5.41, 5.74) is 2.54. The van der Waals surface area contributed by atoms with Gasteiger partial charge in [-0.25, -0.2) is 4.98 Å². The standard InChI is InChI=1S/C21H21ClN6O2/c22-20-14(15-6-7-18(29)25-21(15)30)3-1-4-16(20)26-9-11-27(12-10-26)19-13-23-17-5-2-8-24-28(17)19/h1-5,8,13,15H,6-7,9-12H2,(H,25,29,30). The number of aromatic nitrogens is 3. The summed E-state index contributed by atoms with van der Waals surface area (Å²) >= 11 is 6.75. The highest BCUT2D eigenvalue weighted by Crippen LogP contribution is 2.37. The van der Waals surface area contributed by atoms with Gasteiger partial charge in [0.1, 0.15) is 0 Å². The number of hydrogen-bond donors (Lipinski definition) is 1. The maximum Gasteiger partial charge on any atom is 0.234 e. The van der Waals surface area contributed by atoms with Crippen LogP contribution in [0.15, 0.2) is 42.7 Å². The summed E-state index contributed by atoms with van der Waals surface area (Å²) < 4.78 is 1.85. The lowest BCUT2D eigenvalue weighted by Crippen LogP contribution is -2.47. The average molecular weight is 425 g/mol. The first-order valence-corrected chi connectivity index (χ1v) is 10.4. The van der Waals surface area contributed by atoms with Crippen molar-refractivity contribution in [3.05, 3.63) is 53.3 Å². The van der Waals surface area contributed by atoms with Gasteiger partial charge in [0.15, 0.2) is 11.5 Å². The SMILES string of the molecule is O=C1CCC(c2cccc(N3CCN(c4cnc5cccnn45)CC3)c2Cl)C(=O)N1. The predicted octanol–water partition coefficient (Wildman–Crippen LogP) is 2.23. The fourth-order valence-electron chi connectivity index (χ4n) is 4.25. The van der Waals surface area contributed by atoms with Crippen molar-refractivity contribution in [2.24, 2.45) is 0 Å². The van der Waals surface area contributed by atoms with E-state index in [4.69, 9.17) is 11.6 Å². The molecule has 2 aliphatic rings. The van der Waals surface area contributed by atoms with Crippen LogP contribution in [0.4, 0.5) is 11.5 Å². The largest absolute Gasteiger partial charge is 0.367 e. The Bertz CT molecular complexity index is 1120. The van der Waals surface area contributed by atoms with Crippen LogP contribution in [-0.2, 0) is 9.59 Å². The summed E-state index contributed by atoms with van der Waals surface area (Å²) in [6.45, 7) is 3.20. The minimum absolute atomic E-state index is 0.221. The lowest BCUT2D eigenvalue weighted by molar-refractivity contribution is -0.134. The highest BCUT2D eigenvalue weighted by Gasteiger charge is 2.31. The number of benzene rings is 1. The number of carbonyl (C=O) groups is 2. The molecule has 3 aromatic rings. The van der Waals surface area contributed by atoms with Gasteiger partial charge in [0.25, 0.3) is 0 Å². The zero-order chi connectivity index (χ0) is 20.7. The molecule has 1 atom stereocenters. The second-order valence-electron chi connectivity index (χ2n) is 7.57. The quantitative estimate of drug-likeness (QED) is 0.649. The van der Waals surface area contributed by atoms with Crippen LogP contribution >= 0.6 is 11.6 Å². The molecule has 30 heavy (non-hydrogen) atoms. The van der Waals surface area contributed by atoms with Gasteiger partial charge in [0.05, 0.1) is 22.8 Å². The second kappa shape index (κ2) is 7.60. The minimum atomic E-state index is -0.388. The van der Waals surface area contributed by atoms with Crippen LogP contribution in [0, 0.1) is 0 Å². The molecule has 2 aromatic heterocycles. The van der Waals surface area contributed by atoms with E-state index in [-0.39, 0.29) is 17.7 Å². The number of rotatable bonds is 3. The number of nitrogens with one attached hydrogen (secondary N) is 1. The van der Waals surface area contributed by atoms with E-state index < -0.39 is 0 Å². The lowest BCUT2D eigenvalue weighted by atomic mass is 9.90. The number of halogens is 1.